The number of hydrogen-bond donors (Lipinski definition) is 1. The summed E-state index contributed by atoms with van der Waals surface area (Å²) in [5.41, 5.74) is 3.06. The van der Waals surface area contributed by atoms with Gasteiger partial charge in [-0.3, -0.25) is 4.79 Å². The third-order valence-corrected chi connectivity index (χ3v) is 5.17. The van der Waals surface area contributed by atoms with Gasteiger partial charge in [0.2, 0.25) is 5.91 Å². The van der Waals surface area contributed by atoms with E-state index in [2.05, 4.69) is 4.98 Å². The van der Waals surface area contributed by atoms with Gasteiger partial charge in [0, 0.05) is 24.8 Å². The van der Waals surface area contributed by atoms with E-state index in [1.807, 2.05) is 36.6 Å². The molecule has 6 heteroatoms. The Bertz CT molecular complexity index is 756. The van der Waals surface area contributed by atoms with Crippen LogP contribution in [0, 0.1) is 6.92 Å². The summed E-state index contributed by atoms with van der Waals surface area (Å²) in [5.74, 6) is -1.03. The molecular formula is C18H20N2O3S. The number of fused-ring (bicyclic) bond motifs is 1. The predicted octanol–water partition coefficient (Wildman–Crippen LogP) is 2.81. The molecule has 0 fully saturated rings. The van der Waals surface area contributed by atoms with Crippen molar-refractivity contribution in [1.29, 1.82) is 0 Å². The number of hydrogen-bond acceptors (Lipinski definition) is 4. The summed E-state index contributed by atoms with van der Waals surface area (Å²) in [6.07, 6.45) is 2.16. The van der Waals surface area contributed by atoms with Crippen LogP contribution in [0.5, 0.6) is 0 Å². The van der Waals surface area contributed by atoms with Gasteiger partial charge in [-0.15, -0.1) is 11.3 Å². The summed E-state index contributed by atoms with van der Waals surface area (Å²) < 4.78 is 0. The molecule has 1 amide bonds. The van der Waals surface area contributed by atoms with Crippen molar-refractivity contribution in [2.24, 2.45) is 0 Å². The average Bonchev–Trinajstić information content (AvgIpc) is 2.98. The van der Waals surface area contributed by atoms with Crippen LogP contribution in [0.1, 0.15) is 34.7 Å². The van der Waals surface area contributed by atoms with Gasteiger partial charge in [-0.25, -0.2) is 9.78 Å². The zero-order valence-corrected chi connectivity index (χ0v) is 14.4. The number of rotatable bonds is 5. The lowest BCUT2D eigenvalue weighted by Crippen LogP contribution is -2.48. The maximum absolute atomic E-state index is 12.6. The van der Waals surface area contributed by atoms with Gasteiger partial charge >= 0.3 is 5.97 Å². The highest BCUT2D eigenvalue weighted by Crippen LogP contribution is 2.24. The molecule has 0 saturated carbocycles. The lowest BCUT2D eigenvalue weighted by molar-refractivity contribution is -0.151. The maximum atomic E-state index is 12.6. The van der Waals surface area contributed by atoms with E-state index in [-0.39, 0.29) is 5.91 Å². The van der Waals surface area contributed by atoms with E-state index in [1.165, 1.54) is 4.90 Å². The summed E-state index contributed by atoms with van der Waals surface area (Å²) in [5, 5.41) is 12.5. The van der Waals surface area contributed by atoms with Gasteiger partial charge in [0.1, 0.15) is 6.04 Å². The van der Waals surface area contributed by atoms with Gasteiger partial charge in [0.05, 0.1) is 10.7 Å². The van der Waals surface area contributed by atoms with E-state index in [0.29, 0.717) is 25.8 Å². The van der Waals surface area contributed by atoms with Crippen LogP contribution in [-0.2, 0) is 29.0 Å². The minimum absolute atomic E-state index is 0.0937. The number of benzene rings is 1. The fourth-order valence-electron chi connectivity index (χ4n) is 3.09. The van der Waals surface area contributed by atoms with E-state index in [9.17, 15) is 14.7 Å². The first kappa shape index (κ1) is 16.6. The first-order valence-corrected chi connectivity index (χ1v) is 8.92. The van der Waals surface area contributed by atoms with Crippen molar-refractivity contribution in [1.82, 2.24) is 9.88 Å². The summed E-state index contributed by atoms with van der Waals surface area (Å²) in [4.78, 5) is 30.0. The average molecular weight is 344 g/mol. The Kier molecular flexibility index (Phi) is 4.94. The second-order valence-corrected chi connectivity index (χ2v) is 7.12. The minimum Gasteiger partial charge on any atom is -0.480 e. The number of aliphatic carboxylic acids is 1. The number of carboxylic acid groups (broad SMARTS) is 1. The standard InChI is InChI=1S/C18H20N2O3S/c1-12-19-15(11-24-12)7-4-8-17(21)20-10-14-6-3-2-5-13(14)9-16(20)18(22)23/h2-3,5-6,11,16H,4,7-10H2,1H3,(H,22,23). The van der Waals surface area contributed by atoms with Crippen LogP contribution in [0.4, 0.5) is 0 Å². The Morgan fingerprint density at radius 3 is 2.75 bits per heavy atom. The highest BCUT2D eigenvalue weighted by Gasteiger charge is 2.33. The van der Waals surface area contributed by atoms with Gasteiger partial charge in [0.25, 0.3) is 0 Å². The number of carbonyl (C=O) groups excluding carboxylic acids is 1. The van der Waals surface area contributed by atoms with Gasteiger partial charge in [-0.2, -0.15) is 0 Å². The highest BCUT2D eigenvalue weighted by atomic mass is 32.1. The van der Waals surface area contributed by atoms with Gasteiger partial charge in [0.15, 0.2) is 0 Å². The third-order valence-electron chi connectivity index (χ3n) is 4.34. The van der Waals surface area contributed by atoms with Crippen molar-refractivity contribution >= 4 is 23.2 Å². The lowest BCUT2D eigenvalue weighted by atomic mass is 9.93. The van der Waals surface area contributed by atoms with E-state index in [4.69, 9.17) is 0 Å². The fourth-order valence-corrected chi connectivity index (χ4v) is 3.74. The van der Waals surface area contributed by atoms with Crippen LogP contribution in [0.15, 0.2) is 29.6 Å². The van der Waals surface area contributed by atoms with E-state index in [1.54, 1.807) is 11.3 Å². The van der Waals surface area contributed by atoms with Crippen LogP contribution < -0.4 is 0 Å². The summed E-state index contributed by atoms with van der Waals surface area (Å²) in [7, 11) is 0. The molecule has 1 aromatic carbocycles. The predicted molar refractivity (Wildman–Crippen MR) is 91.9 cm³/mol. The van der Waals surface area contributed by atoms with Crippen molar-refractivity contribution in [3.05, 3.63) is 51.5 Å². The fraction of sp³-hybridized carbons (Fsp3) is 0.389. The quantitative estimate of drug-likeness (QED) is 0.905. The first-order chi connectivity index (χ1) is 11.5. The first-order valence-electron chi connectivity index (χ1n) is 8.04. The highest BCUT2D eigenvalue weighted by molar-refractivity contribution is 7.09. The summed E-state index contributed by atoms with van der Waals surface area (Å²) in [6.45, 7) is 2.34. The Labute approximate surface area is 145 Å². The summed E-state index contributed by atoms with van der Waals surface area (Å²) in [6, 6.07) is 6.97. The number of carboxylic acids is 1. The van der Waals surface area contributed by atoms with Crippen molar-refractivity contribution in [2.45, 2.75) is 45.2 Å². The van der Waals surface area contributed by atoms with Crippen LogP contribution in [0.25, 0.3) is 0 Å². The van der Waals surface area contributed by atoms with Crippen molar-refractivity contribution in [2.75, 3.05) is 0 Å². The van der Waals surface area contributed by atoms with Crippen LogP contribution in [0.2, 0.25) is 0 Å². The number of carbonyl (C=O) groups is 2. The molecule has 5 nitrogen and oxygen atoms in total. The third kappa shape index (κ3) is 3.64. The van der Waals surface area contributed by atoms with Crippen molar-refractivity contribution in [3.8, 4) is 0 Å². The zero-order valence-electron chi connectivity index (χ0n) is 13.6. The lowest BCUT2D eigenvalue weighted by Gasteiger charge is -2.34. The maximum Gasteiger partial charge on any atom is 0.326 e. The second kappa shape index (κ2) is 7.13. The SMILES string of the molecule is Cc1nc(CCCC(=O)N2Cc3ccccc3CC2C(=O)O)cs1. The van der Waals surface area contributed by atoms with Crippen LogP contribution >= 0.6 is 11.3 Å². The van der Waals surface area contributed by atoms with Gasteiger partial charge in [-0.1, -0.05) is 24.3 Å². The molecule has 1 aromatic heterocycles. The Morgan fingerprint density at radius 1 is 1.33 bits per heavy atom. The molecule has 1 aliphatic rings. The Morgan fingerprint density at radius 2 is 2.08 bits per heavy atom. The van der Waals surface area contributed by atoms with E-state index in [0.717, 1.165) is 28.2 Å². The molecule has 0 radical (unpaired) electrons. The van der Waals surface area contributed by atoms with Crippen LogP contribution in [-0.4, -0.2) is 32.9 Å². The van der Waals surface area contributed by atoms with Crippen LogP contribution in [0.3, 0.4) is 0 Å². The molecule has 3 rings (SSSR count). The van der Waals surface area contributed by atoms with Gasteiger partial charge in [-0.05, 0) is 30.9 Å². The topological polar surface area (TPSA) is 70.5 Å². The summed E-state index contributed by atoms with van der Waals surface area (Å²) >= 11 is 1.60. The molecule has 0 bridgehead atoms. The molecule has 0 aliphatic carbocycles. The molecule has 1 atom stereocenters. The number of thiazole rings is 1. The molecule has 2 heterocycles. The number of aromatic nitrogens is 1. The molecule has 2 aromatic rings. The molecular weight excluding hydrogens is 324 g/mol. The van der Waals surface area contributed by atoms with Gasteiger partial charge < -0.3 is 10.0 Å². The molecule has 0 spiro atoms. The zero-order chi connectivity index (χ0) is 17.1. The van der Waals surface area contributed by atoms with Crippen molar-refractivity contribution < 1.29 is 14.7 Å². The minimum atomic E-state index is -0.937. The molecule has 24 heavy (non-hydrogen) atoms. The van der Waals surface area contributed by atoms with E-state index < -0.39 is 12.0 Å². The molecule has 1 N–H and O–H groups in total. The molecule has 126 valence electrons. The van der Waals surface area contributed by atoms with E-state index >= 15 is 0 Å². The number of amides is 1. The molecule has 0 saturated heterocycles. The normalized spacial score (nSPS) is 16.7. The van der Waals surface area contributed by atoms with Crippen molar-refractivity contribution in [3.63, 3.8) is 0 Å². The smallest absolute Gasteiger partial charge is 0.326 e. The molecule has 1 aliphatic heterocycles. The monoisotopic (exact) mass is 344 g/mol. The largest absolute Gasteiger partial charge is 0.480 e. The number of aryl methyl sites for hydroxylation is 2. The Hall–Kier alpha value is -2.21. The second-order valence-electron chi connectivity index (χ2n) is 6.06. The number of nitrogens with zero attached hydrogens (tertiary/aromatic N) is 2. The molecule has 1 unspecified atom stereocenters. The Balaban J connectivity index is 1.64.